The molecule has 1 atom stereocenters. The van der Waals surface area contributed by atoms with E-state index in [9.17, 15) is 5.11 Å². The van der Waals surface area contributed by atoms with Crippen molar-refractivity contribution < 1.29 is 5.11 Å². The number of para-hydroxylation sites is 2. The van der Waals surface area contributed by atoms with Crippen LogP contribution in [-0.4, -0.2) is 25.2 Å². The second-order valence-corrected chi connectivity index (χ2v) is 6.04. The molecule has 1 N–H and O–H groups in total. The average molecular weight is 280 g/mol. The normalized spacial score (nSPS) is 20.3. The zero-order valence-electron chi connectivity index (χ0n) is 12.3. The highest BCUT2D eigenvalue weighted by Crippen LogP contribution is 2.43. The van der Waals surface area contributed by atoms with Crippen molar-refractivity contribution in [2.75, 3.05) is 29.9 Å². The number of likely N-dealkylation sites (N-methyl/N-ethyl adjacent to an activating group) is 1. The van der Waals surface area contributed by atoms with Crippen LogP contribution >= 0.6 is 0 Å². The van der Waals surface area contributed by atoms with Crippen molar-refractivity contribution in [3.05, 3.63) is 53.6 Å². The molecule has 2 aromatic carbocycles. The molecule has 4 rings (SSSR count). The molecule has 0 saturated carbocycles. The summed E-state index contributed by atoms with van der Waals surface area (Å²) in [5, 5.41) is 9.67. The minimum atomic E-state index is 0.383. The Hall–Kier alpha value is -2.16. The van der Waals surface area contributed by atoms with Crippen LogP contribution in [0.3, 0.4) is 0 Å². The molecule has 2 aromatic rings. The second kappa shape index (κ2) is 4.69. The molecule has 0 fully saturated rings. The maximum Gasteiger partial charge on any atom is 0.115 e. The van der Waals surface area contributed by atoms with Gasteiger partial charge in [-0.25, -0.2) is 0 Å². The summed E-state index contributed by atoms with van der Waals surface area (Å²) in [6, 6.07) is 14.9. The maximum atomic E-state index is 9.67. The van der Waals surface area contributed by atoms with Gasteiger partial charge in [0.15, 0.2) is 0 Å². The number of rotatable bonds is 1. The molecular weight excluding hydrogens is 260 g/mol. The van der Waals surface area contributed by atoms with E-state index in [2.05, 4.69) is 47.2 Å². The lowest BCUT2D eigenvalue weighted by atomic mass is 10.0. The third-order valence-corrected chi connectivity index (χ3v) is 4.83. The molecule has 2 aliphatic rings. The van der Waals surface area contributed by atoms with Gasteiger partial charge in [-0.3, -0.25) is 0 Å². The van der Waals surface area contributed by atoms with Crippen LogP contribution in [0.1, 0.15) is 23.6 Å². The van der Waals surface area contributed by atoms with Crippen LogP contribution in [-0.2, 0) is 6.42 Å². The van der Waals surface area contributed by atoms with Gasteiger partial charge in [-0.1, -0.05) is 18.2 Å². The second-order valence-electron chi connectivity index (χ2n) is 6.04. The molecule has 0 bridgehead atoms. The largest absolute Gasteiger partial charge is 0.508 e. The molecule has 0 saturated heterocycles. The van der Waals surface area contributed by atoms with Crippen LogP contribution in [0, 0.1) is 0 Å². The number of aryl methyl sites for hydroxylation is 1. The SMILES string of the molecule is CN1CCN(C2CCc3cc(O)ccc32)c2ccccc21. The van der Waals surface area contributed by atoms with Crippen molar-refractivity contribution in [1.29, 1.82) is 0 Å². The summed E-state index contributed by atoms with van der Waals surface area (Å²) < 4.78 is 0. The van der Waals surface area contributed by atoms with Crippen molar-refractivity contribution in [3.8, 4) is 5.75 Å². The van der Waals surface area contributed by atoms with Gasteiger partial charge in [-0.2, -0.15) is 0 Å². The zero-order valence-corrected chi connectivity index (χ0v) is 12.3. The van der Waals surface area contributed by atoms with Gasteiger partial charge in [-0.15, -0.1) is 0 Å². The van der Waals surface area contributed by atoms with Gasteiger partial charge in [0, 0.05) is 20.1 Å². The Balaban J connectivity index is 1.75. The third-order valence-electron chi connectivity index (χ3n) is 4.83. The summed E-state index contributed by atoms with van der Waals surface area (Å²) in [6.07, 6.45) is 2.19. The van der Waals surface area contributed by atoms with Crippen molar-refractivity contribution in [3.63, 3.8) is 0 Å². The third kappa shape index (κ3) is 1.96. The quantitative estimate of drug-likeness (QED) is 0.868. The molecule has 1 heterocycles. The van der Waals surface area contributed by atoms with Gasteiger partial charge in [0.1, 0.15) is 5.75 Å². The van der Waals surface area contributed by atoms with E-state index >= 15 is 0 Å². The number of anilines is 2. The first-order valence-electron chi connectivity index (χ1n) is 7.62. The minimum absolute atomic E-state index is 0.383. The monoisotopic (exact) mass is 280 g/mol. The lowest BCUT2D eigenvalue weighted by Gasteiger charge is -2.40. The summed E-state index contributed by atoms with van der Waals surface area (Å²) in [7, 11) is 2.16. The Kier molecular flexibility index (Phi) is 2.81. The minimum Gasteiger partial charge on any atom is -0.508 e. The Morgan fingerprint density at radius 2 is 1.86 bits per heavy atom. The fourth-order valence-corrected chi connectivity index (χ4v) is 3.76. The number of aromatic hydroxyl groups is 1. The van der Waals surface area contributed by atoms with Crippen molar-refractivity contribution in [2.24, 2.45) is 0 Å². The lowest BCUT2D eigenvalue weighted by Crippen LogP contribution is -2.40. The van der Waals surface area contributed by atoms with Crippen molar-refractivity contribution >= 4 is 11.4 Å². The predicted molar refractivity (Wildman–Crippen MR) is 86.2 cm³/mol. The van der Waals surface area contributed by atoms with Crippen LogP contribution in [0.25, 0.3) is 0 Å². The number of fused-ring (bicyclic) bond motifs is 2. The number of nitrogens with zero attached hydrogens (tertiary/aromatic N) is 2. The number of phenols is 1. The molecule has 1 unspecified atom stereocenters. The fraction of sp³-hybridized carbons (Fsp3) is 0.333. The Bertz CT molecular complexity index is 683. The standard InChI is InChI=1S/C18H20N2O/c1-19-10-11-20(18-5-3-2-4-17(18)19)16-9-6-13-12-14(21)7-8-15(13)16/h2-5,7-8,12,16,21H,6,9-11H2,1H3. The smallest absolute Gasteiger partial charge is 0.115 e. The summed E-state index contributed by atoms with van der Waals surface area (Å²) in [5.41, 5.74) is 5.33. The average Bonchev–Trinajstić information content (AvgIpc) is 2.91. The van der Waals surface area contributed by atoms with Gasteiger partial charge < -0.3 is 14.9 Å². The van der Waals surface area contributed by atoms with Crippen molar-refractivity contribution in [1.82, 2.24) is 0 Å². The van der Waals surface area contributed by atoms with Gasteiger partial charge in [-0.05, 0) is 48.2 Å². The molecule has 0 aromatic heterocycles. The summed E-state index contributed by atoms with van der Waals surface area (Å²) in [4.78, 5) is 4.87. The highest BCUT2D eigenvalue weighted by molar-refractivity contribution is 5.74. The Morgan fingerprint density at radius 1 is 1.05 bits per heavy atom. The van der Waals surface area contributed by atoms with Gasteiger partial charge in [0.25, 0.3) is 0 Å². The molecule has 3 heteroatoms. The first-order chi connectivity index (χ1) is 10.2. The van der Waals surface area contributed by atoms with Crippen LogP contribution in [0.15, 0.2) is 42.5 Å². The van der Waals surface area contributed by atoms with E-state index in [-0.39, 0.29) is 0 Å². The molecule has 3 nitrogen and oxygen atoms in total. The van der Waals surface area contributed by atoms with Crippen molar-refractivity contribution in [2.45, 2.75) is 18.9 Å². The number of hydrogen-bond donors (Lipinski definition) is 1. The number of hydrogen-bond acceptors (Lipinski definition) is 3. The molecule has 0 radical (unpaired) electrons. The Morgan fingerprint density at radius 3 is 2.71 bits per heavy atom. The van der Waals surface area contributed by atoms with E-state index in [4.69, 9.17) is 0 Å². The molecule has 0 spiro atoms. The number of phenolic OH excluding ortho intramolecular Hbond substituents is 1. The van der Waals surface area contributed by atoms with E-state index in [0.717, 1.165) is 25.9 Å². The summed E-state index contributed by atoms with van der Waals surface area (Å²) >= 11 is 0. The van der Waals surface area contributed by atoms with E-state index in [1.54, 1.807) is 0 Å². The van der Waals surface area contributed by atoms with Gasteiger partial charge in [0.2, 0.25) is 0 Å². The Labute approximate surface area is 125 Å². The molecule has 0 amide bonds. The van der Waals surface area contributed by atoms with Crippen LogP contribution < -0.4 is 9.80 Å². The summed E-state index contributed by atoms with van der Waals surface area (Å²) in [5.74, 6) is 0.383. The van der Waals surface area contributed by atoms with E-state index < -0.39 is 0 Å². The van der Waals surface area contributed by atoms with Crippen LogP contribution in [0.2, 0.25) is 0 Å². The number of benzene rings is 2. The zero-order chi connectivity index (χ0) is 14.4. The molecule has 1 aliphatic heterocycles. The van der Waals surface area contributed by atoms with Crippen LogP contribution in [0.5, 0.6) is 5.75 Å². The molecule has 21 heavy (non-hydrogen) atoms. The molecule has 108 valence electrons. The molecular formula is C18H20N2O. The first kappa shape index (κ1) is 12.6. The van der Waals surface area contributed by atoms with E-state index in [1.807, 2.05) is 12.1 Å². The predicted octanol–water partition coefficient (Wildman–Crippen LogP) is 3.34. The maximum absolute atomic E-state index is 9.67. The van der Waals surface area contributed by atoms with Crippen LogP contribution in [0.4, 0.5) is 11.4 Å². The lowest BCUT2D eigenvalue weighted by molar-refractivity contribution is 0.474. The fourth-order valence-electron chi connectivity index (χ4n) is 3.76. The highest BCUT2D eigenvalue weighted by Gasteiger charge is 2.31. The van der Waals surface area contributed by atoms with Gasteiger partial charge >= 0.3 is 0 Å². The first-order valence-corrected chi connectivity index (χ1v) is 7.62. The van der Waals surface area contributed by atoms with E-state index in [1.165, 1.54) is 22.5 Å². The summed E-state index contributed by atoms with van der Waals surface area (Å²) in [6.45, 7) is 2.11. The van der Waals surface area contributed by atoms with Gasteiger partial charge in [0.05, 0.1) is 17.4 Å². The topological polar surface area (TPSA) is 26.7 Å². The van der Waals surface area contributed by atoms with E-state index in [0.29, 0.717) is 11.8 Å². The highest BCUT2D eigenvalue weighted by atomic mass is 16.3. The molecule has 1 aliphatic carbocycles.